The molecule has 0 aliphatic heterocycles. The Kier molecular flexibility index (Phi) is 4.11. The molecule has 0 saturated heterocycles. The molecule has 1 aromatic rings. The van der Waals surface area contributed by atoms with Crippen molar-refractivity contribution in [3.8, 4) is 0 Å². The topological polar surface area (TPSA) is 83.6 Å². The van der Waals surface area contributed by atoms with Gasteiger partial charge in [0.25, 0.3) is 5.91 Å². The average Bonchev–Trinajstić information content (AvgIpc) is 2.16. The number of carbonyl (C=O) groups excluding carboxylic acids is 1. The molecular formula is C10H11IN2O3. The van der Waals surface area contributed by atoms with E-state index in [9.17, 15) is 9.59 Å². The number of hydrogen-bond donors (Lipinski definition) is 2. The molecule has 1 rings (SSSR count). The number of nitrogens with zero attached hydrogens (tertiary/aromatic N) is 1. The van der Waals surface area contributed by atoms with Crippen LogP contribution in [-0.4, -0.2) is 35.5 Å². The van der Waals surface area contributed by atoms with E-state index in [4.69, 9.17) is 10.8 Å². The van der Waals surface area contributed by atoms with Crippen LogP contribution in [0.1, 0.15) is 10.4 Å². The van der Waals surface area contributed by atoms with Crippen molar-refractivity contribution in [2.75, 3.05) is 19.3 Å². The first-order valence-electron chi connectivity index (χ1n) is 4.44. The summed E-state index contributed by atoms with van der Waals surface area (Å²) in [5.74, 6) is -1.44. The predicted molar refractivity (Wildman–Crippen MR) is 68.2 cm³/mol. The van der Waals surface area contributed by atoms with Gasteiger partial charge in [0.05, 0.1) is 5.56 Å². The highest BCUT2D eigenvalue weighted by Crippen LogP contribution is 2.20. The van der Waals surface area contributed by atoms with Crippen molar-refractivity contribution in [1.29, 1.82) is 0 Å². The van der Waals surface area contributed by atoms with Gasteiger partial charge in [0.2, 0.25) is 0 Å². The number of carbonyl (C=O) groups is 2. The molecule has 0 saturated carbocycles. The molecule has 0 radical (unpaired) electrons. The Labute approximate surface area is 106 Å². The van der Waals surface area contributed by atoms with Crippen LogP contribution in [0.25, 0.3) is 0 Å². The van der Waals surface area contributed by atoms with E-state index < -0.39 is 5.97 Å². The quantitative estimate of drug-likeness (QED) is 0.639. The number of hydrogen-bond acceptors (Lipinski definition) is 3. The van der Waals surface area contributed by atoms with Crippen molar-refractivity contribution >= 4 is 40.2 Å². The van der Waals surface area contributed by atoms with Crippen LogP contribution in [0.4, 0.5) is 5.69 Å². The highest BCUT2D eigenvalue weighted by atomic mass is 127. The summed E-state index contributed by atoms with van der Waals surface area (Å²) >= 11 is 1.99. The molecule has 0 heterocycles. The second-order valence-electron chi connectivity index (χ2n) is 3.26. The van der Waals surface area contributed by atoms with E-state index >= 15 is 0 Å². The molecule has 0 aromatic heterocycles. The van der Waals surface area contributed by atoms with Crippen molar-refractivity contribution in [1.82, 2.24) is 4.90 Å². The summed E-state index contributed by atoms with van der Waals surface area (Å²) in [6.45, 7) is -0.344. The van der Waals surface area contributed by atoms with Crippen LogP contribution in [0.3, 0.4) is 0 Å². The van der Waals surface area contributed by atoms with Crippen molar-refractivity contribution in [2.24, 2.45) is 0 Å². The summed E-state index contributed by atoms with van der Waals surface area (Å²) in [6, 6.07) is 5.11. The number of carboxylic acid groups (broad SMARTS) is 1. The third kappa shape index (κ3) is 2.84. The zero-order valence-corrected chi connectivity index (χ0v) is 10.8. The fraction of sp³-hybridized carbons (Fsp3) is 0.200. The number of likely N-dealkylation sites (N-methyl/N-ethyl adjacent to an activating group) is 1. The first-order valence-corrected chi connectivity index (χ1v) is 5.52. The number of benzene rings is 1. The monoisotopic (exact) mass is 334 g/mol. The van der Waals surface area contributed by atoms with Crippen LogP contribution in [0.2, 0.25) is 0 Å². The van der Waals surface area contributed by atoms with E-state index in [1.807, 2.05) is 22.6 Å². The van der Waals surface area contributed by atoms with Gasteiger partial charge in [0, 0.05) is 16.3 Å². The fourth-order valence-corrected chi connectivity index (χ4v) is 1.98. The van der Waals surface area contributed by atoms with Gasteiger partial charge in [-0.25, -0.2) is 0 Å². The number of nitrogens with two attached hydrogens (primary N) is 1. The first-order chi connectivity index (χ1) is 7.43. The lowest BCUT2D eigenvalue weighted by molar-refractivity contribution is -0.137. The molecule has 3 N–H and O–H groups in total. The van der Waals surface area contributed by atoms with Crippen molar-refractivity contribution in [2.45, 2.75) is 0 Å². The minimum atomic E-state index is -1.06. The predicted octanol–water partition coefficient (Wildman–Crippen LogP) is 1.03. The van der Waals surface area contributed by atoms with Crippen LogP contribution < -0.4 is 5.73 Å². The van der Waals surface area contributed by atoms with Gasteiger partial charge in [-0.05, 0) is 34.7 Å². The van der Waals surface area contributed by atoms with Crippen molar-refractivity contribution in [3.63, 3.8) is 0 Å². The molecule has 16 heavy (non-hydrogen) atoms. The molecule has 6 heteroatoms. The average molecular weight is 334 g/mol. The second-order valence-corrected chi connectivity index (χ2v) is 4.42. The minimum absolute atomic E-state index is 0.344. The zero-order valence-electron chi connectivity index (χ0n) is 8.61. The maximum atomic E-state index is 11.9. The van der Waals surface area contributed by atoms with Gasteiger partial charge in [-0.3, -0.25) is 9.59 Å². The third-order valence-electron chi connectivity index (χ3n) is 1.98. The highest BCUT2D eigenvalue weighted by Gasteiger charge is 2.19. The number of aliphatic carboxylic acids is 1. The number of halogens is 1. The summed E-state index contributed by atoms with van der Waals surface area (Å²) in [4.78, 5) is 23.5. The Morgan fingerprint density at radius 3 is 2.62 bits per heavy atom. The summed E-state index contributed by atoms with van der Waals surface area (Å²) in [5, 5.41) is 8.59. The first kappa shape index (κ1) is 12.8. The number of anilines is 1. The minimum Gasteiger partial charge on any atom is -0.480 e. The second kappa shape index (κ2) is 5.15. The molecule has 5 nitrogen and oxygen atoms in total. The molecule has 1 aromatic carbocycles. The SMILES string of the molecule is CN(CC(=O)O)C(=O)c1c(N)cccc1I. The molecule has 0 aliphatic carbocycles. The molecule has 86 valence electrons. The van der Waals surface area contributed by atoms with E-state index in [2.05, 4.69) is 0 Å². The lowest BCUT2D eigenvalue weighted by Gasteiger charge is -2.16. The van der Waals surface area contributed by atoms with Crippen LogP contribution in [0.5, 0.6) is 0 Å². The molecule has 0 unspecified atom stereocenters. The van der Waals surface area contributed by atoms with Gasteiger partial charge in [0.15, 0.2) is 0 Å². The number of nitrogen functional groups attached to an aromatic ring is 1. The summed E-state index contributed by atoms with van der Waals surface area (Å²) in [7, 11) is 1.43. The Hall–Kier alpha value is -1.31. The van der Waals surface area contributed by atoms with Gasteiger partial charge < -0.3 is 15.7 Å². The van der Waals surface area contributed by atoms with Gasteiger partial charge in [-0.2, -0.15) is 0 Å². The van der Waals surface area contributed by atoms with E-state index in [1.54, 1.807) is 18.2 Å². The van der Waals surface area contributed by atoms with Gasteiger partial charge in [0.1, 0.15) is 6.54 Å². The number of carboxylic acids is 1. The van der Waals surface area contributed by atoms with Crippen LogP contribution in [-0.2, 0) is 4.79 Å². The normalized spacial score (nSPS) is 9.88. The lowest BCUT2D eigenvalue weighted by Crippen LogP contribution is -2.32. The largest absolute Gasteiger partial charge is 0.480 e. The Morgan fingerprint density at radius 2 is 2.12 bits per heavy atom. The van der Waals surface area contributed by atoms with Crippen molar-refractivity contribution < 1.29 is 14.7 Å². The Bertz CT molecular complexity index is 414. The summed E-state index contributed by atoms with van der Waals surface area (Å²) < 4.78 is 0.708. The smallest absolute Gasteiger partial charge is 0.323 e. The highest BCUT2D eigenvalue weighted by molar-refractivity contribution is 14.1. The van der Waals surface area contributed by atoms with Crippen LogP contribution in [0, 0.1) is 3.57 Å². The molecule has 0 aliphatic rings. The Morgan fingerprint density at radius 1 is 1.50 bits per heavy atom. The van der Waals surface area contributed by atoms with Gasteiger partial charge >= 0.3 is 5.97 Å². The van der Waals surface area contributed by atoms with E-state index in [0.29, 0.717) is 14.8 Å². The fourth-order valence-electron chi connectivity index (χ4n) is 1.23. The molecule has 0 atom stereocenters. The molecule has 0 spiro atoms. The Balaban J connectivity index is 3.00. The maximum absolute atomic E-state index is 11.9. The van der Waals surface area contributed by atoms with E-state index in [-0.39, 0.29) is 12.5 Å². The van der Waals surface area contributed by atoms with Crippen molar-refractivity contribution in [3.05, 3.63) is 27.3 Å². The van der Waals surface area contributed by atoms with Gasteiger partial charge in [-0.15, -0.1) is 0 Å². The van der Waals surface area contributed by atoms with Crippen LogP contribution in [0.15, 0.2) is 18.2 Å². The van der Waals surface area contributed by atoms with E-state index in [0.717, 1.165) is 4.90 Å². The molecular weight excluding hydrogens is 323 g/mol. The van der Waals surface area contributed by atoms with Gasteiger partial charge in [-0.1, -0.05) is 6.07 Å². The van der Waals surface area contributed by atoms with Crippen LogP contribution >= 0.6 is 22.6 Å². The standard InChI is InChI=1S/C10H11IN2O3/c1-13(5-8(14)15)10(16)9-6(11)3-2-4-7(9)12/h2-4H,5,12H2,1H3,(H,14,15). The zero-order chi connectivity index (χ0) is 12.3. The molecule has 1 amide bonds. The number of amides is 1. The molecule has 0 bridgehead atoms. The summed E-state index contributed by atoms with van der Waals surface area (Å²) in [6.07, 6.45) is 0. The number of rotatable bonds is 3. The lowest BCUT2D eigenvalue weighted by atomic mass is 10.1. The molecule has 0 fully saturated rings. The van der Waals surface area contributed by atoms with E-state index in [1.165, 1.54) is 7.05 Å². The summed E-state index contributed by atoms with van der Waals surface area (Å²) in [5.41, 5.74) is 6.40. The third-order valence-corrected chi connectivity index (χ3v) is 2.88. The maximum Gasteiger partial charge on any atom is 0.323 e.